The SMILES string of the molecule is CN1CCCC1Cc1cccc(O)c1.O=C(O)/C=C/C(=O)O. The molecule has 3 N–H and O–H groups in total. The molecule has 1 saturated heterocycles. The second-order valence-electron chi connectivity index (χ2n) is 5.16. The number of likely N-dealkylation sites (N-methyl/N-ethyl adjacent to an activating group) is 1. The summed E-state index contributed by atoms with van der Waals surface area (Å²) in [7, 11) is 2.18. The minimum atomic E-state index is -1.26. The van der Waals surface area contributed by atoms with Crippen LogP contribution in [0.4, 0.5) is 0 Å². The highest BCUT2D eigenvalue weighted by atomic mass is 16.4. The van der Waals surface area contributed by atoms with E-state index in [1.54, 1.807) is 6.07 Å². The summed E-state index contributed by atoms with van der Waals surface area (Å²) in [5, 5.41) is 25.0. The number of nitrogens with zero attached hydrogens (tertiary/aromatic N) is 1. The molecule has 1 aromatic rings. The predicted octanol–water partition coefficient (Wildman–Crippen LogP) is 1.74. The van der Waals surface area contributed by atoms with Gasteiger partial charge in [-0.1, -0.05) is 12.1 Å². The van der Waals surface area contributed by atoms with Gasteiger partial charge in [0.15, 0.2) is 0 Å². The lowest BCUT2D eigenvalue weighted by molar-refractivity contribution is -0.134. The number of benzene rings is 1. The maximum atomic E-state index is 9.55. The highest BCUT2D eigenvalue weighted by molar-refractivity contribution is 5.89. The Morgan fingerprint density at radius 1 is 1.27 bits per heavy atom. The summed E-state index contributed by atoms with van der Waals surface area (Å²) in [6.07, 6.45) is 4.77. The van der Waals surface area contributed by atoms with Crippen LogP contribution in [-0.4, -0.2) is 51.8 Å². The number of carboxylic acid groups (broad SMARTS) is 2. The summed E-state index contributed by atoms with van der Waals surface area (Å²) in [6.45, 7) is 1.21. The van der Waals surface area contributed by atoms with Crippen LogP contribution in [0.1, 0.15) is 18.4 Å². The number of phenols is 1. The van der Waals surface area contributed by atoms with Crippen molar-refractivity contribution in [2.24, 2.45) is 0 Å². The molecule has 0 bridgehead atoms. The Morgan fingerprint density at radius 2 is 1.91 bits per heavy atom. The number of rotatable bonds is 4. The summed E-state index contributed by atoms with van der Waals surface area (Å²) in [5.74, 6) is -2.14. The molecule has 0 radical (unpaired) electrons. The molecule has 22 heavy (non-hydrogen) atoms. The van der Waals surface area contributed by atoms with Gasteiger partial charge in [-0.2, -0.15) is 0 Å². The van der Waals surface area contributed by atoms with Gasteiger partial charge in [-0.25, -0.2) is 9.59 Å². The monoisotopic (exact) mass is 307 g/mol. The van der Waals surface area contributed by atoms with Crippen LogP contribution in [0.25, 0.3) is 0 Å². The lowest BCUT2D eigenvalue weighted by atomic mass is 10.0. The minimum Gasteiger partial charge on any atom is -0.508 e. The summed E-state index contributed by atoms with van der Waals surface area (Å²) in [4.78, 5) is 21.5. The number of aliphatic carboxylic acids is 2. The first-order chi connectivity index (χ1) is 10.4. The van der Waals surface area contributed by atoms with Gasteiger partial charge in [-0.05, 0) is 50.6 Å². The van der Waals surface area contributed by atoms with E-state index in [4.69, 9.17) is 10.2 Å². The van der Waals surface area contributed by atoms with E-state index in [1.165, 1.54) is 24.9 Å². The predicted molar refractivity (Wildman–Crippen MR) is 81.9 cm³/mol. The molecular weight excluding hydrogens is 286 g/mol. The Hall–Kier alpha value is -2.34. The van der Waals surface area contributed by atoms with Gasteiger partial charge >= 0.3 is 11.9 Å². The third kappa shape index (κ3) is 6.90. The average Bonchev–Trinajstić information content (AvgIpc) is 2.83. The zero-order valence-electron chi connectivity index (χ0n) is 12.5. The molecule has 1 unspecified atom stereocenters. The molecule has 2 rings (SSSR count). The minimum absolute atomic E-state index is 0.378. The second kappa shape index (κ2) is 8.84. The number of phenolic OH excluding ortho intramolecular Hbond substituents is 1. The molecule has 0 saturated carbocycles. The number of carbonyl (C=O) groups is 2. The quantitative estimate of drug-likeness (QED) is 0.733. The van der Waals surface area contributed by atoms with Gasteiger partial charge in [-0.15, -0.1) is 0 Å². The van der Waals surface area contributed by atoms with E-state index in [1.807, 2.05) is 12.1 Å². The molecule has 1 atom stereocenters. The van der Waals surface area contributed by atoms with E-state index in [2.05, 4.69) is 18.0 Å². The number of carboxylic acids is 2. The van der Waals surface area contributed by atoms with E-state index >= 15 is 0 Å². The first-order valence-electron chi connectivity index (χ1n) is 7.00. The summed E-state index contributed by atoms with van der Waals surface area (Å²) < 4.78 is 0. The first kappa shape index (κ1) is 17.7. The number of likely N-dealkylation sites (tertiary alicyclic amines) is 1. The molecule has 1 heterocycles. The third-order valence-corrected chi connectivity index (χ3v) is 3.42. The maximum Gasteiger partial charge on any atom is 0.328 e. The van der Waals surface area contributed by atoms with Crippen molar-refractivity contribution in [1.29, 1.82) is 0 Å². The van der Waals surface area contributed by atoms with E-state index in [0.717, 1.165) is 6.42 Å². The Kier molecular flexibility index (Phi) is 7.12. The zero-order valence-corrected chi connectivity index (χ0v) is 12.5. The molecule has 0 aliphatic carbocycles. The molecule has 1 fully saturated rings. The molecule has 1 aliphatic heterocycles. The van der Waals surface area contributed by atoms with E-state index in [0.29, 0.717) is 23.9 Å². The van der Waals surface area contributed by atoms with E-state index < -0.39 is 11.9 Å². The van der Waals surface area contributed by atoms with Crippen LogP contribution in [0.5, 0.6) is 5.75 Å². The van der Waals surface area contributed by atoms with Crippen molar-refractivity contribution < 1.29 is 24.9 Å². The van der Waals surface area contributed by atoms with Gasteiger partial charge in [0.05, 0.1) is 0 Å². The fourth-order valence-corrected chi connectivity index (χ4v) is 2.34. The molecule has 6 heteroatoms. The average molecular weight is 307 g/mol. The van der Waals surface area contributed by atoms with Crippen molar-refractivity contribution in [1.82, 2.24) is 4.90 Å². The molecular formula is C16H21NO5. The highest BCUT2D eigenvalue weighted by Gasteiger charge is 2.20. The van der Waals surface area contributed by atoms with Crippen LogP contribution < -0.4 is 0 Å². The number of aromatic hydroxyl groups is 1. The van der Waals surface area contributed by atoms with Crippen molar-refractivity contribution in [2.45, 2.75) is 25.3 Å². The lowest BCUT2D eigenvalue weighted by Crippen LogP contribution is -2.26. The lowest BCUT2D eigenvalue weighted by Gasteiger charge is -2.19. The molecule has 1 aliphatic rings. The largest absolute Gasteiger partial charge is 0.508 e. The highest BCUT2D eigenvalue weighted by Crippen LogP contribution is 2.20. The third-order valence-electron chi connectivity index (χ3n) is 3.42. The molecule has 0 spiro atoms. The molecule has 0 amide bonds. The fraction of sp³-hybridized carbons (Fsp3) is 0.375. The van der Waals surface area contributed by atoms with Crippen LogP contribution in [0.15, 0.2) is 36.4 Å². The van der Waals surface area contributed by atoms with Gasteiger partial charge in [-0.3, -0.25) is 0 Å². The van der Waals surface area contributed by atoms with Crippen LogP contribution in [0, 0.1) is 0 Å². The second-order valence-corrected chi connectivity index (χ2v) is 5.16. The zero-order chi connectivity index (χ0) is 16.5. The van der Waals surface area contributed by atoms with Crippen LogP contribution in [-0.2, 0) is 16.0 Å². The molecule has 1 aromatic carbocycles. The molecule has 6 nitrogen and oxygen atoms in total. The van der Waals surface area contributed by atoms with Crippen molar-refractivity contribution in [3.05, 3.63) is 42.0 Å². The molecule has 120 valence electrons. The van der Waals surface area contributed by atoms with Crippen molar-refractivity contribution in [3.63, 3.8) is 0 Å². The van der Waals surface area contributed by atoms with Crippen LogP contribution in [0.3, 0.4) is 0 Å². The van der Waals surface area contributed by atoms with E-state index in [9.17, 15) is 14.7 Å². The van der Waals surface area contributed by atoms with Crippen molar-refractivity contribution >= 4 is 11.9 Å². The Labute approximate surface area is 129 Å². The number of hydrogen-bond donors (Lipinski definition) is 3. The Morgan fingerprint density at radius 3 is 2.36 bits per heavy atom. The Bertz CT molecular complexity index is 525. The molecule has 0 aromatic heterocycles. The van der Waals surface area contributed by atoms with Crippen LogP contribution >= 0.6 is 0 Å². The van der Waals surface area contributed by atoms with Gasteiger partial charge in [0, 0.05) is 18.2 Å². The van der Waals surface area contributed by atoms with Crippen molar-refractivity contribution in [2.75, 3.05) is 13.6 Å². The summed E-state index contributed by atoms with van der Waals surface area (Å²) in [6, 6.07) is 8.26. The fourth-order valence-electron chi connectivity index (χ4n) is 2.34. The summed E-state index contributed by atoms with van der Waals surface area (Å²) in [5.41, 5.74) is 1.24. The number of hydrogen-bond acceptors (Lipinski definition) is 4. The van der Waals surface area contributed by atoms with Gasteiger partial charge in [0.1, 0.15) is 5.75 Å². The van der Waals surface area contributed by atoms with E-state index in [-0.39, 0.29) is 0 Å². The Balaban J connectivity index is 0.000000261. The smallest absolute Gasteiger partial charge is 0.328 e. The van der Waals surface area contributed by atoms with Gasteiger partial charge < -0.3 is 20.2 Å². The van der Waals surface area contributed by atoms with Crippen molar-refractivity contribution in [3.8, 4) is 5.75 Å². The van der Waals surface area contributed by atoms with Crippen LogP contribution in [0.2, 0.25) is 0 Å². The standard InChI is InChI=1S/C12H17NO.C4H4O4/c1-13-7-3-5-11(13)8-10-4-2-6-12(14)9-10;5-3(6)1-2-4(7)8/h2,4,6,9,11,14H,3,5,7-8H2,1H3;1-2H,(H,5,6)(H,7,8)/b;2-1+. The normalized spacial score (nSPS) is 18.0. The van der Waals surface area contributed by atoms with Gasteiger partial charge in [0.2, 0.25) is 0 Å². The maximum absolute atomic E-state index is 9.55. The first-order valence-corrected chi connectivity index (χ1v) is 7.00. The van der Waals surface area contributed by atoms with Gasteiger partial charge in [0.25, 0.3) is 0 Å². The topological polar surface area (TPSA) is 98.1 Å². The summed E-state index contributed by atoms with van der Waals surface area (Å²) >= 11 is 0.